The Balaban J connectivity index is 2.48. The van der Waals surface area contributed by atoms with Crippen LogP contribution in [0.15, 0.2) is 34.9 Å². The number of carbonyl (C=O) groups excluding carboxylic acids is 1. The van der Waals surface area contributed by atoms with Gasteiger partial charge in [0.05, 0.1) is 6.26 Å². The summed E-state index contributed by atoms with van der Waals surface area (Å²) in [5.41, 5.74) is 0.416. The summed E-state index contributed by atoms with van der Waals surface area (Å²) in [4.78, 5) is 10.9. The molecule has 0 aliphatic carbocycles. The molecule has 72 valence electrons. The van der Waals surface area contributed by atoms with Crippen molar-refractivity contribution >= 4 is 16.8 Å². The van der Waals surface area contributed by atoms with E-state index < -0.39 is 12.2 Å². The number of rotatable bonds is 2. The van der Waals surface area contributed by atoms with E-state index in [9.17, 15) is 13.6 Å². The van der Waals surface area contributed by atoms with E-state index in [0.717, 1.165) is 5.39 Å². The van der Waals surface area contributed by atoms with Gasteiger partial charge in [-0.15, -0.1) is 0 Å². The molecule has 0 saturated carbocycles. The Kier molecular flexibility index (Phi) is 2.04. The highest BCUT2D eigenvalue weighted by Crippen LogP contribution is 2.18. The van der Waals surface area contributed by atoms with Crippen molar-refractivity contribution in [3.8, 4) is 0 Å². The standard InChI is InChI=1S/C10H6F2O2/c11-10(12)9(13)7-2-1-6-3-4-14-8(6)5-7/h1-5,10H. The predicted molar refractivity (Wildman–Crippen MR) is 46.5 cm³/mol. The number of hydrogen-bond acceptors (Lipinski definition) is 2. The molecule has 0 radical (unpaired) electrons. The largest absolute Gasteiger partial charge is 0.464 e. The lowest BCUT2D eigenvalue weighted by Crippen LogP contribution is -2.09. The van der Waals surface area contributed by atoms with Crippen LogP contribution in [0.3, 0.4) is 0 Å². The zero-order valence-electron chi connectivity index (χ0n) is 7.04. The van der Waals surface area contributed by atoms with Crippen LogP contribution in [0.5, 0.6) is 0 Å². The van der Waals surface area contributed by atoms with E-state index in [0.29, 0.717) is 5.58 Å². The van der Waals surface area contributed by atoms with Gasteiger partial charge in [-0.25, -0.2) is 8.78 Å². The minimum absolute atomic E-state index is 0.0255. The fourth-order valence-electron chi connectivity index (χ4n) is 1.23. The second-order valence-electron chi connectivity index (χ2n) is 2.84. The molecule has 0 atom stereocenters. The Morgan fingerprint density at radius 1 is 1.29 bits per heavy atom. The molecule has 0 amide bonds. The zero-order valence-corrected chi connectivity index (χ0v) is 7.04. The van der Waals surface area contributed by atoms with Gasteiger partial charge in [0, 0.05) is 10.9 Å². The van der Waals surface area contributed by atoms with Gasteiger partial charge in [-0.1, -0.05) is 12.1 Å². The molecule has 0 aliphatic heterocycles. The average molecular weight is 196 g/mol. The SMILES string of the molecule is O=C(c1ccc2ccoc2c1)C(F)F. The molecule has 14 heavy (non-hydrogen) atoms. The van der Waals surface area contributed by atoms with Crippen LogP contribution < -0.4 is 0 Å². The molecular weight excluding hydrogens is 190 g/mol. The molecule has 0 N–H and O–H groups in total. The van der Waals surface area contributed by atoms with Crippen molar-refractivity contribution in [2.45, 2.75) is 6.43 Å². The molecule has 1 aromatic carbocycles. The maximum absolute atomic E-state index is 12.1. The van der Waals surface area contributed by atoms with Crippen LogP contribution in [-0.2, 0) is 0 Å². The second-order valence-corrected chi connectivity index (χ2v) is 2.84. The highest BCUT2D eigenvalue weighted by Gasteiger charge is 2.18. The summed E-state index contributed by atoms with van der Waals surface area (Å²) in [7, 11) is 0. The number of ketones is 1. The molecule has 2 rings (SSSR count). The normalized spacial score (nSPS) is 11.1. The number of Topliss-reactive ketones (excluding diaryl/α,β-unsaturated/α-hetero) is 1. The summed E-state index contributed by atoms with van der Waals surface area (Å²) < 4.78 is 29.1. The maximum Gasteiger partial charge on any atom is 0.300 e. The average Bonchev–Trinajstić information content (AvgIpc) is 2.62. The Morgan fingerprint density at radius 3 is 2.79 bits per heavy atom. The molecule has 0 aliphatic rings. The monoisotopic (exact) mass is 196 g/mol. The Labute approximate surface area is 78.1 Å². The summed E-state index contributed by atoms with van der Waals surface area (Å²) in [5.74, 6) is -1.18. The minimum Gasteiger partial charge on any atom is -0.464 e. The summed E-state index contributed by atoms with van der Waals surface area (Å²) >= 11 is 0. The van der Waals surface area contributed by atoms with E-state index in [-0.39, 0.29) is 5.56 Å². The molecule has 0 fully saturated rings. The number of benzene rings is 1. The first-order valence-electron chi connectivity index (χ1n) is 3.98. The Morgan fingerprint density at radius 2 is 2.07 bits per heavy atom. The molecular formula is C10H6F2O2. The molecule has 0 unspecified atom stereocenters. The first-order valence-corrected chi connectivity index (χ1v) is 3.98. The van der Waals surface area contributed by atoms with Gasteiger partial charge in [0.25, 0.3) is 0 Å². The maximum atomic E-state index is 12.1. The molecule has 0 bridgehead atoms. The van der Waals surface area contributed by atoms with Crippen molar-refractivity contribution in [3.05, 3.63) is 36.1 Å². The molecule has 1 aromatic heterocycles. The molecule has 0 spiro atoms. The summed E-state index contributed by atoms with van der Waals surface area (Å²) in [6.07, 6.45) is -1.52. The van der Waals surface area contributed by atoms with E-state index in [1.165, 1.54) is 18.4 Å². The third kappa shape index (κ3) is 1.39. The lowest BCUT2D eigenvalue weighted by atomic mass is 10.1. The van der Waals surface area contributed by atoms with Gasteiger partial charge in [-0.05, 0) is 12.1 Å². The van der Waals surface area contributed by atoms with Gasteiger partial charge >= 0.3 is 6.43 Å². The highest BCUT2D eigenvalue weighted by molar-refractivity contribution is 6.00. The summed E-state index contributed by atoms with van der Waals surface area (Å²) in [6, 6.07) is 5.97. The third-order valence-electron chi connectivity index (χ3n) is 1.94. The lowest BCUT2D eigenvalue weighted by Gasteiger charge is -1.98. The van der Waals surface area contributed by atoms with Gasteiger partial charge in [0.2, 0.25) is 5.78 Å². The Hall–Kier alpha value is -1.71. The van der Waals surface area contributed by atoms with E-state index in [1.807, 2.05) is 0 Å². The van der Waals surface area contributed by atoms with Crippen LogP contribution >= 0.6 is 0 Å². The van der Waals surface area contributed by atoms with E-state index in [2.05, 4.69) is 0 Å². The van der Waals surface area contributed by atoms with Crippen molar-refractivity contribution in [2.75, 3.05) is 0 Å². The van der Waals surface area contributed by atoms with E-state index in [1.54, 1.807) is 12.1 Å². The molecule has 0 saturated heterocycles. The van der Waals surface area contributed by atoms with Gasteiger partial charge in [-0.3, -0.25) is 4.79 Å². The fraction of sp³-hybridized carbons (Fsp3) is 0.100. The molecule has 1 heterocycles. The van der Waals surface area contributed by atoms with Gasteiger partial charge in [-0.2, -0.15) is 0 Å². The van der Waals surface area contributed by atoms with E-state index >= 15 is 0 Å². The molecule has 4 heteroatoms. The third-order valence-corrected chi connectivity index (χ3v) is 1.94. The summed E-state index contributed by atoms with van der Waals surface area (Å²) in [5, 5.41) is 0.788. The number of carbonyl (C=O) groups is 1. The highest BCUT2D eigenvalue weighted by atomic mass is 19.3. The van der Waals surface area contributed by atoms with Crippen LogP contribution in [0.2, 0.25) is 0 Å². The number of furan rings is 1. The van der Waals surface area contributed by atoms with Gasteiger partial charge in [0.1, 0.15) is 5.58 Å². The fourth-order valence-corrected chi connectivity index (χ4v) is 1.23. The van der Waals surface area contributed by atoms with Crippen molar-refractivity contribution in [2.24, 2.45) is 0 Å². The van der Waals surface area contributed by atoms with Gasteiger partial charge in [0.15, 0.2) is 0 Å². The van der Waals surface area contributed by atoms with Crippen LogP contribution in [0.4, 0.5) is 8.78 Å². The summed E-state index contributed by atoms with van der Waals surface area (Å²) in [6.45, 7) is 0. The van der Waals surface area contributed by atoms with Gasteiger partial charge < -0.3 is 4.42 Å². The van der Waals surface area contributed by atoms with Crippen LogP contribution in [0, 0.1) is 0 Å². The second kappa shape index (κ2) is 3.21. The minimum atomic E-state index is -2.97. The lowest BCUT2D eigenvalue weighted by molar-refractivity contribution is 0.0679. The van der Waals surface area contributed by atoms with Crippen LogP contribution in [0.25, 0.3) is 11.0 Å². The first-order chi connectivity index (χ1) is 6.68. The zero-order chi connectivity index (χ0) is 10.1. The number of fused-ring (bicyclic) bond motifs is 1. The van der Waals surface area contributed by atoms with Crippen molar-refractivity contribution in [1.82, 2.24) is 0 Å². The van der Waals surface area contributed by atoms with E-state index in [4.69, 9.17) is 4.42 Å². The van der Waals surface area contributed by atoms with Crippen LogP contribution in [-0.4, -0.2) is 12.2 Å². The number of halogens is 2. The topological polar surface area (TPSA) is 30.2 Å². The van der Waals surface area contributed by atoms with Crippen molar-refractivity contribution in [3.63, 3.8) is 0 Å². The molecule has 2 nitrogen and oxygen atoms in total. The van der Waals surface area contributed by atoms with Crippen molar-refractivity contribution < 1.29 is 18.0 Å². The van der Waals surface area contributed by atoms with Crippen molar-refractivity contribution in [1.29, 1.82) is 0 Å². The molecule has 2 aromatic rings. The quantitative estimate of drug-likeness (QED) is 0.691. The first kappa shape index (κ1) is 8.87. The number of alkyl halides is 2. The number of hydrogen-bond donors (Lipinski definition) is 0. The van der Waals surface area contributed by atoms with Crippen LogP contribution in [0.1, 0.15) is 10.4 Å². The smallest absolute Gasteiger partial charge is 0.300 e. The Bertz CT molecular complexity index is 474. The predicted octanol–water partition coefficient (Wildman–Crippen LogP) is 2.88.